The van der Waals surface area contributed by atoms with Gasteiger partial charge in [-0.25, -0.2) is 16.8 Å². The molecule has 8 nitrogen and oxygen atoms in total. The third-order valence-corrected chi connectivity index (χ3v) is 9.57. The number of amides is 1. The second kappa shape index (κ2) is 10.4. The monoisotopic (exact) mass is 527 g/mol. The molecule has 36 heavy (non-hydrogen) atoms. The van der Waals surface area contributed by atoms with Crippen LogP contribution in [-0.2, 0) is 20.0 Å². The lowest BCUT2D eigenvalue weighted by atomic mass is 10.0. The van der Waals surface area contributed by atoms with Gasteiger partial charge in [-0.3, -0.25) is 9.52 Å². The fraction of sp³-hybridized carbons (Fsp3) is 0.269. The first kappa shape index (κ1) is 25.9. The number of benzene rings is 3. The largest absolute Gasteiger partial charge is 0.322 e. The molecule has 3 aromatic carbocycles. The molecule has 190 valence electrons. The molecule has 1 aliphatic rings. The predicted octanol–water partition coefficient (Wildman–Crippen LogP) is 4.47. The van der Waals surface area contributed by atoms with Crippen molar-refractivity contribution in [1.29, 1.82) is 0 Å². The Morgan fingerprint density at radius 1 is 0.833 bits per heavy atom. The minimum Gasteiger partial charge on any atom is -0.322 e. The maximum absolute atomic E-state index is 13.1. The van der Waals surface area contributed by atoms with Crippen molar-refractivity contribution in [2.24, 2.45) is 5.92 Å². The van der Waals surface area contributed by atoms with Crippen molar-refractivity contribution in [3.8, 4) is 0 Å². The number of piperidine rings is 1. The van der Waals surface area contributed by atoms with Crippen LogP contribution < -0.4 is 10.0 Å². The number of carbonyl (C=O) groups excluding carboxylic acids is 1. The average Bonchev–Trinajstić information content (AvgIpc) is 2.85. The van der Waals surface area contributed by atoms with Crippen LogP contribution in [0.2, 0.25) is 0 Å². The van der Waals surface area contributed by atoms with Gasteiger partial charge in [0.05, 0.1) is 9.79 Å². The topological polar surface area (TPSA) is 113 Å². The van der Waals surface area contributed by atoms with E-state index in [0.717, 1.165) is 12.8 Å². The molecule has 1 amide bonds. The van der Waals surface area contributed by atoms with E-state index in [1.165, 1.54) is 40.7 Å². The van der Waals surface area contributed by atoms with E-state index < -0.39 is 26.0 Å². The fourth-order valence-electron chi connectivity index (χ4n) is 4.02. The first-order chi connectivity index (χ1) is 17.1. The molecule has 10 heteroatoms. The van der Waals surface area contributed by atoms with Crippen LogP contribution in [0.25, 0.3) is 0 Å². The summed E-state index contributed by atoms with van der Waals surface area (Å²) in [7, 11) is -7.49. The van der Waals surface area contributed by atoms with E-state index in [0.29, 0.717) is 35.9 Å². The van der Waals surface area contributed by atoms with Gasteiger partial charge in [0, 0.05) is 30.0 Å². The van der Waals surface area contributed by atoms with Crippen LogP contribution in [0.15, 0.2) is 82.6 Å². The van der Waals surface area contributed by atoms with Crippen molar-refractivity contribution in [1.82, 2.24) is 4.31 Å². The molecule has 1 aliphatic heterocycles. The first-order valence-corrected chi connectivity index (χ1v) is 14.6. The Bertz CT molecular complexity index is 1450. The molecular formula is C26H29N3O5S2. The first-order valence-electron chi connectivity index (χ1n) is 11.7. The number of para-hydroxylation sites is 1. The summed E-state index contributed by atoms with van der Waals surface area (Å²) in [6.07, 6.45) is 1.62. The second-order valence-corrected chi connectivity index (χ2v) is 12.6. The minimum absolute atomic E-state index is 0.0458. The number of hydrogen-bond acceptors (Lipinski definition) is 5. The number of carbonyl (C=O) groups is 1. The van der Waals surface area contributed by atoms with Crippen molar-refractivity contribution in [3.63, 3.8) is 0 Å². The molecule has 0 unspecified atom stereocenters. The molecule has 3 aromatic rings. The highest BCUT2D eigenvalue weighted by Crippen LogP contribution is 2.26. The number of sulfonamides is 2. The maximum Gasteiger partial charge on any atom is 0.261 e. The summed E-state index contributed by atoms with van der Waals surface area (Å²) >= 11 is 0. The van der Waals surface area contributed by atoms with E-state index in [4.69, 9.17) is 0 Å². The van der Waals surface area contributed by atoms with E-state index in [1.807, 2.05) is 0 Å². The summed E-state index contributed by atoms with van der Waals surface area (Å²) < 4.78 is 55.5. The van der Waals surface area contributed by atoms with Crippen LogP contribution in [0.3, 0.4) is 0 Å². The predicted molar refractivity (Wildman–Crippen MR) is 140 cm³/mol. The summed E-state index contributed by atoms with van der Waals surface area (Å²) in [5.74, 6) is 0.0149. The number of hydrogen-bond donors (Lipinski definition) is 2. The molecule has 0 bridgehead atoms. The van der Waals surface area contributed by atoms with Gasteiger partial charge in [0.1, 0.15) is 0 Å². The maximum atomic E-state index is 13.1. The molecule has 4 rings (SSSR count). The van der Waals surface area contributed by atoms with E-state index in [-0.39, 0.29) is 15.4 Å². The van der Waals surface area contributed by atoms with Gasteiger partial charge >= 0.3 is 0 Å². The Labute approximate surface area is 212 Å². The zero-order valence-corrected chi connectivity index (χ0v) is 21.8. The molecule has 0 saturated carbocycles. The van der Waals surface area contributed by atoms with Crippen molar-refractivity contribution in [3.05, 3.63) is 83.9 Å². The van der Waals surface area contributed by atoms with Gasteiger partial charge in [-0.1, -0.05) is 31.2 Å². The van der Waals surface area contributed by atoms with Crippen LogP contribution in [0, 0.1) is 12.8 Å². The lowest BCUT2D eigenvalue weighted by Gasteiger charge is -2.29. The average molecular weight is 528 g/mol. The van der Waals surface area contributed by atoms with Gasteiger partial charge in [-0.2, -0.15) is 4.31 Å². The summed E-state index contributed by atoms with van der Waals surface area (Å²) in [6, 6.07) is 18.9. The quantitative estimate of drug-likeness (QED) is 0.471. The van der Waals surface area contributed by atoms with E-state index >= 15 is 0 Å². The molecule has 0 aliphatic carbocycles. The number of anilines is 2. The van der Waals surface area contributed by atoms with Crippen LogP contribution in [0.4, 0.5) is 11.4 Å². The molecule has 1 heterocycles. The SMILES string of the molecule is Cc1ccc(S(=O)(=O)N2CCC(C)CC2)cc1C(=O)Nc1ccc(S(=O)(=O)Nc2ccccc2)cc1. The number of nitrogens with zero attached hydrogens (tertiary/aromatic N) is 1. The summed E-state index contributed by atoms with van der Waals surface area (Å²) in [5, 5.41) is 2.73. The molecule has 0 aromatic heterocycles. The molecule has 1 saturated heterocycles. The van der Waals surface area contributed by atoms with Gasteiger partial charge < -0.3 is 5.32 Å². The standard InChI is InChI=1S/C26H29N3O5S2/c1-19-14-16-29(17-15-19)36(33,34)24-11-8-20(2)25(18-24)26(30)27-21-9-12-23(13-10-21)35(31,32)28-22-6-4-3-5-7-22/h3-13,18-19,28H,14-17H2,1-2H3,(H,27,30). The Kier molecular flexibility index (Phi) is 7.49. The fourth-order valence-corrected chi connectivity index (χ4v) is 6.57. The highest BCUT2D eigenvalue weighted by molar-refractivity contribution is 7.92. The third kappa shape index (κ3) is 5.77. The number of rotatable bonds is 7. The highest BCUT2D eigenvalue weighted by atomic mass is 32.2. The molecule has 1 fully saturated rings. The lowest BCUT2D eigenvalue weighted by Crippen LogP contribution is -2.38. The van der Waals surface area contributed by atoms with Crippen LogP contribution >= 0.6 is 0 Å². The molecule has 0 atom stereocenters. The third-order valence-electron chi connectivity index (χ3n) is 6.28. The number of nitrogens with one attached hydrogen (secondary N) is 2. The van der Waals surface area contributed by atoms with E-state index in [9.17, 15) is 21.6 Å². The Balaban J connectivity index is 1.49. The molecule has 0 spiro atoms. The van der Waals surface area contributed by atoms with Gasteiger partial charge in [-0.05, 0) is 79.8 Å². The number of aryl methyl sites for hydroxylation is 1. The zero-order valence-electron chi connectivity index (χ0n) is 20.1. The van der Waals surface area contributed by atoms with Gasteiger partial charge in [0.25, 0.3) is 15.9 Å². The van der Waals surface area contributed by atoms with Crippen LogP contribution in [0.5, 0.6) is 0 Å². The molecule has 2 N–H and O–H groups in total. The van der Waals surface area contributed by atoms with Gasteiger partial charge in [-0.15, -0.1) is 0 Å². The van der Waals surface area contributed by atoms with E-state index in [2.05, 4.69) is 17.0 Å². The Hall–Kier alpha value is -3.21. The highest BCUT2D eigenvalue weighted by Gasteiger charge is 2.29. The minimum atomic E-state index is -3.79. The van der Waals surface area contributed by atoms with Gasteiger partial charge in [0.2, 0.25) is 10.0 Å². The van der Waals surface area contributed by atoms with Crippen LogP contribution in [-0.4, -0.2) is 40.1 Å². The van der Waals surface area contributed by atoms with E-state index in [1.54, 1.807) is 43.3 Å². The summed E-state index contributed by atoms with van der Waals surface area (Å²) in [4.78, 5) is 13.1. The Morgan fingerprint density at radius 2 is 1.44 bits per heavy atom. The molecule has 0 radical (unpaired) electrons. The van der Waals surface area contributed by atoms with Crippen molar-refractivity contribution < 1.29 is 21.6 Å². The Morgan fingerprint density at radius 3 is 2.08 bits per heavy atom. The lowest BCUT2D eigenvalue weighted by molar-refractivity contribution is 0.102. The van der Waals surface area contributed by atoms with Crippen molar-refractivity contribution in [2.75, 3.05) is 23.1 Å². The van der Waals surface area contributed by atoms with Crippen molar-refractivity contribution >= 4 is 37.3 Å². The smallest absolute Gasteiger partial charge is 0.261 e. The van der Waals surface area contributed by atoms with Crippen molar-refractivity contribution in [2.45, 2.75) is 36.5 Å². The molecular weight excluding hydrogens is 498 g/mol. The summed E-state index contributed by atoms with van der Waals surface area (Å²) in [5.41, 5.74) is 1.70. The summed E-state index contributed by atoms with van der Waals surface area (Å²) in [6.45, 7) is 4.78. The normalized spacial score (nSPS) is 15.4. The zero-order chi connectivity index (χ0) is 25.9. The van der Waals surface area contributed by atoms with Gasteiger partial charge in [0.15, 0.2) is 0 Å². The van der Waals surface area contributed by atoms with Crippen LogP contribution in [0.1, 0.15) is 35.7 Å². The second-order valence-electron chi connectivity index (χ2n) is 9.01.